The second-order valence-electron chi connectivity index (χ2n) is 5.78. The number of nitrogens with one attached hydrogen (secondary N) is 1. The number of nitrogen functional groups attached to an aromatic ring is 1. The highest BCUT2D eigenvalue weighted by molar-refractivity contribution is 6.07. The fraction of sp³-hybridized carbons (Fsp3) is 0. The number of carbonyl (C=O) groups excluding carboxylic acids is 1. The van der Waals surface area contributed by atoms with E-state index in [4.69, 9.17) is 15.6 Å². The normalized spacial score (nSPS) is 11.0. The third-order valence-electron chi connectivity index (χ3n) is 4.16. The molecule has 0 saturated heterocycles. The Morgan fingerprint density at radius 2 is 1.80 bits per heavy atom. The standard InChI is InChI=1S/C20H14N2O3/c21-11-5-7-15-17(9-11)25-18-10-12(22)6-8-16(18)19(15)13-3-1-2-4-14(13)20(23)24/h1-10,21H,22H2,(H,23,24)/p-1. The van der Waals surface area contributed by atoms with Gasteiger partial charge in [-0.15, -0.1) is 0 Å². The van der Waals surface area contributed by atoms with Crippen molar-refractivity contribution < 1.29 is 14.3 Å². The van der Waals surface area contributed by atoms with Gasteiger partial charge in [0.2, 0.25) is 0 Å². The van der Waals surface area contributed by atoms with Crippen molar-refractivity contribution in [2.24, 2.45) is 0 Å². The van der Waals surface area contributed by atoms with E-state index in [1.54, 1.807) is 48.5 Å². The number of anilines is 1. The highest BCUT2D eigenvalue weighted by Crippen LogP contribution is 2.41. The molecule has 25 heavy (non-hydrogen) atoms. The molecule has 0 aromatic heterocycles. The molecular formula is C20H13N2O3-. The van der Waals surface area contributed by atoms with Crippen LogP contribution in [0.3, 0.4) is 0 Å². The third-order valence-corrected chi connectivity index (χ3v) is 4.16. The van der Waals surface area contributed by atoms with Crippen molar-refractivity contribution in [3.05, 3.63) is 71.6 Å². The van der Waals surface area contributed by atoms with Gasteiger partial charge < -0.3 is 25.5 Å². The van der Waals surface area contributed by atoms with Crippen LogP contribution in [0.2, 0.25) is 0 Å². The molecular weight excluding hydrogens is 316 g/mol. The number of nitrogens with two attached hydrogens (primary N) is 1. The first kappa shape index (κ1) is 15.0. The predicted molar refractivity (Wildman–Crippen MR) is 92.9 cm³/mol. The van der Waals surface area contributed by atoms with E-state index in [1.807, 2.05) is 6.07 Å². The van der Waals surface area contributed by atoms with Crippen LogP contribution in [-0.4, -0.2) is 5.97 Å². The number of aromatic carboxylic acids is 1. The molecule has 0 spiro atoms. The Morgan fingerprint density at radius 1 is 1.00 bits per heavy atom. The molecule has 122 valence electrons. The number of carbonyl (C=O) groups is 1. The molecule has 0 atom stereocenters. The van der Waals surface area contributed by atoms with E-state index in [-0.39, 0.29) is 5.56 Å². The summed E-state index contributed by atoms with van der Waals surface area (Å²) in [6.07, 6.45) is 0. The number of benzene rings is 3. The smallest absolute Gasteiger partial charge is 0.137 e. The first-order chi connectivity index (χ1) is 12.0. The van der Waals surface area contributed by atoms with Gasteiger partial charge in [0.15, 0.2) is 0 Å². The minimum atomic E-state index is -1.25. The first-order valence-electron chi connectivity index (χ1n) is 7.66. The van der Waals surface area contributed by atoms with Crippen LogP contribution in [0.1, 0.15) is 10.4 Å². The lowest BCUT2D eigenvalue weighted by molar-refractivity contribution is -0.254. The summed E-state index contributed by atoms with van der Waals surface area (Å²) in [5.41, 5.74) is 9.01. The van der Waals surface area contributed by atoms with Crippen molar-refractivity contribution >= 4 is 22.6 Å². The summed E-state index contributed by atoms with van der Waals surface area (Å²) < 4.78 is 5.91. The van der Waals surface area contributed by atoms with Gasteiger partial charge in [0.1, 0.15) is 11.3 Å². The Balaban J connectivity index is 2.22. The zero-order chi connectivity index (χ0) is 17.6. The number of hydrogen-bond donors (Lipinski definition) is 2. The molecule has 0 saturated carbocycles. The van der Waals surface area contributed by atoms with E-state index < -0.39 is 5.97 Å². The van der Waals surface area contributed by atoms with Crippen LogP contribution >= 0.6 is 0 Å². The number of carboxylic acid groups (broad SMARTS) is 1. The molecule has 0 amide bonds. The molecule has 5 heteroatoms. The Bertz CT molecular complexity index is 1160. The predicted octanol–water partition coefficient (Wildman–Crippen LogP) is 2.63. The van der Waals surface area contributed by atoms with Gasteiger partial charge in [0.25, 0.3) is 0 Å². The lowest BCUT2D eigenvalue weighted by Gasteiger charge is -2.18. The lowest BCUT2D eigenvalue weighted by atomic mass is 9.91. The molecule has 0 bridgehead atoms. The Morgan fingerprint density at radius 3 is 2.60 bits per heavy atom. The minimum absolute atomic E-state index is 0.100. The lowest BCUT2D eigenvalue weighted by Crippen LogP contribution is -2.23. The molecule has 1 aliphatic carbocycles. The second-order valence-corrected chi connectivity index (χ2v) is 5.78. The number of rotatable bonds is 2. The van der Waals surface area contributed by atoms with Crippen LogP contribution in [0.5, 0.6) is 0 Å². The van der Waals surface area contributed by atoms with Crippen molar-refractivity contribution in [3.63, 3.8) is 0 Å². The molecule has 1 aliphatic heterocycles. The van der Waals surface area contributed by atoms with Crippen LogP contribution < -0.4 is 16.2 Å². The fourth-order valence-corrected chi connectivity index (χ4v) is 3.08. The minimum Gasteiger partial charge on any atom is -0.545 e. The summed E-state index contributed by atoms with van der Waals surface area (Å²) in [7, 11) is 0. The van der Waals surface area contributed by atoms with Gasteiger partial charge in [-0.2, -0.15) is 0 Å². The van der Waals surface area contributed by atoms with Crippen LogP contribution in [-0.2, 0) is 0 Å². The molecule has 3 N–H and O–H groups in total. The molecule has 2 aliphatic rings. The molecule has 0 unspecified atom stereocenters. The van der Waals surface area contributed by atoms with Gasteiger partial charge in [0.05, 0.1) is 11.3 Å². The SMILES string of the molecule is N=c1ccc2c(-c3ccccc3C(=O)[O-])c3ccc(N)cc3oc-2c1. The number of carboxylic acids is 1. The summed E-state index contributed by atoms with van der Waals surface area (Å²) in [6.45, 7) is 0. The van der Waals surface area contributed by atoms with Gasteiger partial charge in [0, 0.05) is 39.9 Å². The van der Waals surface area contributed by atoms with Crippen molar-refractivity contribution in [3.8, 4) is 22.5 Å². The third kappa shape index (κ3) is 2.42. The Labute approximate surface area is 142 Å². The Hall–Kier alpha value is -3.60. The van der Waals surface area contributed by atoms with E-state index >= 15 is 0 Å². The number of fused-ring (bicyclic) bond motifs is 2. The van der Waals surface area contributed by atoms with Crippen LogP contribution in [0.25, 0.3) is 33.4 Å². The molecule has 0 radical (unpaired) electrons. The molecule has 2 aromatic carbocycles. The molecule has 2 aromatic rings. The summed E-state index contributed by atoms with van der Waals surface area (Å²) in [4.78, 5) is 11.6. The summed E-state index contributed by atoms with van der Waals surface area (Å²) >= 11 is 0. The average molecular weight is 329 g/mol. The molecule has 1 heterocycles. The van der Waals surface area contributed by atoms with E-state index in [0.717, 1.165) is 16.5 Å². The molecule has 5 nitrogen and oxygen atoms in total. The maximum absolute atomic E-state index is 11.6. The topological polar surface area (TPSA) is 103 Å². The monoisotopic (exact) mass is 329 g/mol. The van der Waals surface area contributed by atoms with Gasteiger partial charge in [-0.3, -0.25) is 0 Å². The van der Waals surface area contributed by atoms with Crippen LogP contribution in [0.4, 0.5) is 5.69 Å². The fourth-order valence-electron chi connectivity index (χ4n) is 3.08. The first-order valence-corrected chi connectivity index (χ1v) is 7.66. The average Bonchev–Trinajstić information content (AvgIpc) is 2.59. The van der Waals surface area contributed by atoms with E-state index in [9.17, 15) is 9.90 Å². The van der Waals surface area contributed by atoms with Crippen molar-refractivity contribution in [1.29, 1.82) is 5.41 Å². The Kier molecular flexibility index (Phi) is 3.28. The maximum atomic E-state index is 11.6. The molecule has 0 fully saturated rings. The van der Waals surface area contributed by atoms with E-state index in [2.05, 4.69) is 0 Å². The van der Waals surface area contributed by atoms with Gasteiger partial charge in [-0.1, -0.05) is 24.3 Å². The zero-order valence-electron chi connectivity index (χ0n) is 13.1. The number of hydrogen-bond acceptors (Lipinski definition) is 5. The van der Waals surface area contributed by atoms with E-state index in [1.165, 1.54) is 6.07 Å². The van der Waals surface area contributed by atoms with Crippen LogP contribution in [0, 0.1) is 5.41 Å². The largest absolute Gasteiger partial charge is 0.545 e. The van der Waals surface area contributed by atoms with Gasteiger partial charge in [-0.05, 0) is 29.8 Å². The second kappa shape index (κ2) is 5.49. The van der Waals surface area contributed by atoms with Crippen molar-refractivity contribution in [1.82, 2.24) is 0 Å². The van der Waals surface area contributed by atoms with Crippen molar-refractivity contribution in [2.45, 2.75) is 0 Å². The summed E-state index contributed by atoms with van der Waals surface area (Å²) in [6, 6.07) is 16.9. The van der Waals surface area contributed by atoms with E-state index in [0.29, 0.717) is 28.0 Å². The molecule has 4 rings (SSSR count). The zero-order valence-corrected chi connectivity index (χ0v) is 13.1. The highest BCUT2D eigenvalue weighted by atomic mass is 16.4. The van der Waals surface area contributed by atoms with Crippen molar-refractivity contribution in [2.75, 3.05) is 5.73 Å². The summed E-state index contributed by atoms with van der Waals surface area (Å²) in [5.74, 6) is -0.751. The van der Waals surface area contributed by atoms with Crippen LogP contribution in [0.15, 0.2) is 65.1 Å². The van der Waals surface area contributed by atoms with Gasteiger partial charge >= 0.3 is 0 Å². The quantitative estimate of drug-likeness (QED) is 0.436. The maximum Gasteiger partial charge on any atom is 0.137 e. The summed E-state index contributed by atoms with van der Waals surface area (Å²) in [5, 5.41) is 20.5. The van der Waals surface area contributed by atoms with Gasteiger partial charge in [-0.25, -0.2) is 0 Å². The highest BCUT2D eigenvalue weighted by Gasteiger charge is 2.19.